The lowest BCUT2D eigenvalue weighted by molar-refractivity contribution is -0.00546. The molecular weight excluding hydrogens is 370 g/mol. The fourth-order valence-corrected chi connectivity index (χ4v) is 4.72. The molecule has 0 radical (unpaired) electrons. The van der Waals surface area contributed by atoms with Crippen LogP contribution in [0.3, 0.4) is 0 Å². The Kier molecular flexibility index (Phi) is 5.33. The summed E-state index contributed by atoms with van der Waals surface area (Å²) in [7, 11) is 1.84. The summed E-state index contributed by atoms with van der Waals surface area (Å²) < 4.78 is 7.03. The van der Waals surface area contributed by atoms with Crippen molar-refractivity contribution in [3.63, 3.8) is 0 Å². The second-order valence-electron chi connectivity index (χ2n) is 7.49. The molecule has 0 N–H and O–H groups in total. The molecular formula is C22H25N3O2S. The molecule has 28 heavy (non-hydrogen) atoms. The molecule has 4 rings (SSSR count). The van der Waals surface area contributed by atoms with Gasteiger partial charge in [-0.15, -0.1) is 11.3 Å². The number of nitrogens with zero attached hydrogens (tertiary/aromatic N) is 3. The maximum Gasteiger partial charge on any atom is 0.255 e. The van der Waals surface area contributed by atoms with Gasteiger partial charge in [-0.1, -0.05) is 18.2 Å². The molecule has 2 aromatic heterocycles. The Bertz CT molecular complexity index is 959. The van der Waals surface area contributed by atoms with E-state index in [0.717, 1.165) is 18.9 Å². The van der Waals surface area contributed by atoms with Crippen molar-refractivity contribution in [2.45, 2.75) is 32.6 Å². The van der Waals surface area contributed by atoms with Crippen LogP contribution in [-0.2, 0) is 11.3 Å². The third-order valence-electron chi connectivity index (χ3n) is 5.05. The van der Waals surface area contributed by atoms with Crippen LogP contribution in [0, 0.1) is 0 Å². The van der Waals surface area contributed by atoms with Crippen molar-refractivity contribution in [1.82, 2.24) is 9.88 Å². The van der Waals surface area contributed by atoms with Gasteiger partial charge in [0.05, 0.1) is 17.8 Å². The molecule has 1 saturated heterocycles. The van der Waals surface area contributed by atoms with E-state index < -0.39 is 0 Å². The van der Waals surface area contributed by atoms with Gasteiger partial charge in [0.1, 0.15) is 5.82 Å². The molecule has 0 aliphatic carbocycles. The average molecular weight is 396 g/mol. The van der Waals surface area contributed by atoms with Gasteiger partial charge in [-0.3, -0.25) is 4.79 Å². The highest BCUT2D eigenvalue weighted by Gasteiger charge is 2.23. The molecule has 1 fully saturated rings. The standard InChI is InChI=1S/C22H25N3O2S/c1-15-11-25(12-16(2)27-15)21-9-8-17(10-23-21)22(26)24(3)13-18-14-28-20-7-5-4-6-19(18)20/h4-10,14-16H,11-13H2,1-3H3/t15-,16-/m0/s1. The SMILES string of the molecule is C[C@H]1CN(c2ccc(C(=O)N(C)Cc3csc4ccccc34)cn2)C[C@H](C)O1. The Balaban J connectivity index is 1.45. The van der Waals surface area contributed by atoms with Crippen LogP contribution in [-0.4, -0.2) is 48.1 Å². The lowest BCUT2D eigenvalue weighted by Crippen LogP contribution is -2.45. The van der Waals surface area contributed by atoms with Crippen molar-refractivity contribution in [3.8, 4) is 0 Å². The normalized spacial score (nSPS) is 19.8. The molecule has 0 bridgehead atoms. The first-order valence-corrected chi connectivity index (χ1v) is 10.5. The number of hydrogen-bond donors (Lipinski definition) is 0. The van der Waals surface area contributed by atoms with Crippen molar-refractivity contribution < 1.29 is 9.53 Å². The van der Waals surface area contributed by atoms with Gasteiger partial charge in [0.2, 0.25) is 0 Å². The summed E-state index contributed by atoms with van der Waals surface area (Å²) in [6.07, 6.45) is 2.04. The summed E-state index contributed by atoms with van der Waals surface area (Å²) in [6, 6.07) is 12.1. The largest absolute Gasteiger partial charge is 0.372 e. The van der Waals surface area contributed by atoms with E-state index in [0.29, 0.717) is 12.1 Å². The zero-order valence-electron chi connectivity index (χ0n) is 16.5. The number of fused-ring (bicyclic) bond motifs is 1. The molecule has 1 aliphatic heterocycles. The number of hydrogen-bond acceptors (Lipinski definition) is 5. The number of benzene rings is 1. The number of rotatable bonds is 4. The Morgan fingerprint density at radius 3 is 2.68 bits per heavy atom. The van der Waals surface area contributed by atoms with E-state index in [1.165, 1.54) is 15.6 Å². The van der Waals surface area contributed by atoms with Crippen LogP contribution in [0.15, 0.2) is 48.0 Å². The molecule has 3 aromatic rings. The predicted octanol–water partition coefficient (Wildman–Crippen LogP) is 4.18. The van der Waals surface area contributed by atoms with Gasteiger partial charge < -0.3 is 14.5 Å². The summed E-state index contributed by atoms with van der Waals surface area (Å²) in [5, 5.41) is 3.35. The van der Waals surface area contributed by atoms with Crippen LogP contribution in [0.1, 0.15) is 29.8 Å². The first kappa shape index (κ1) is 18.9. The smallest absolute Gasteiger partial charge is 0.255 e. The number of carbonyl (C=O) groups excluding carboxylic acids is 1. The Hall–Kier alpha value is -2.44. The molecule has 5 nitrogen and oxygen atoms in total. The first-order chi connectivity index (χ1) is 13.5. The quantitative estimate of drug-likeness (QED) is 0.665. The van der Waals surface area contributed by atoms with Crippen molar-refractivity contribution in [3.05, 3.63) is 59.1 Å². The summed E-state index contributed by atoms with van der Waals surface area (Å²) in [5.74, 6) is 0.878. The molecule has 1 amide bonds. The summed E-state index contributed by atoms with van der Waals surface area (Å²) >= 11 is 1.72. The summed E-state index contributed by atoms with van der Waals surface area (Å²) in [5.41, 5.74) is 1.79. The topological polar surface area (TPSA) is 45.7 Å². The lowest BCUT2D eigenvalue weighted by atomic mass is 10.1. The van der Waals surface area contributed by atoms with E-state index >= 15 is 0 Å². The molecule has 1 aliphatic rings. The Morgan fingerprint density at radius 2 is 1.96 bits per heavy atom. The number of anilines is 1. The predicted molar refractivity (Wildman–Crippen MR) is 114 cm³/mol. The summed E-state index contributed by atoms with van der Waals surface area (Å²) in [4.78, 5) is 21.4. The monoisotopic (exact) mass is 395 g/mol. The van der Waals surface area contributed by atoms with Crippen LogP contribution in [0.25, 0.3) is 10.1 Å². The van der Waals surface area contributed by atoms with E-state index in [1.807, 2.05) is 31.3 Å². The van der Waals surface area contributed by atoms with E-state index in [-0.39, 0.29) is 18.1 Å². The van der Waals surface area contributed by atoms with Crippen molar-refractivity contribution in [2.24, 2.45) is 0 Å². The van der Waals surface area contributed by atoms with Gasteiger partial charge in [-0.2, -0.15) is 0 Å². The minimum atomic E-state index is -0.0157. The number of aromatic nitrogens is 1. The van der Waals surface area contributed by atoms with E-state index in [9.17, 15) is 4.79 Å². The highest BCUT2D eigenvalue weighted by molar-refractivity contribution is 7.17. The Labute approximate surface area is 169 Å². The van der Waals surface area contributed by atoms with E-state index in [2.05, 4.69) is 41.2 Å². The molecule has 0 saturated carbocycles. The van der Waals surface area contributed by atoms with Crippen LogP contribution in [0.2, 0.25) is 0 Å². The summed E-state index contributed by atoms with van der Waals surface area (Å²) in [6.45, 7) is 6.36. The number of carbonyl (C=O) groups is 1. The zero-order chi connectivity index (χ0) is 19.7. The number of thiophene rings is 1. The third-order valence-corrected chi connectivity index (χ3v) is 6.07. The minimum Gasteiger partial charge on any atom is -0.372 e. The second-order valence-corrected chi connectivity index (χ2v) is 8.40. The molecule has 3 heterocycles. The van der Waals surface area contributed by atoms with Gasteiger partial charge in [0.25, 0.3) is 5.91 Å². The Morgan fingerprint density at radius 1 is 1.21 bits per heavy atom. The number of amides is 1. The molecule has 146 valence electrons. The highest BCUT2D eigenvalue weighted by Crippen LogP contribution is 2.27. The zero-order valence-corrected chi connectivity index (χ0v) is 17.3. The van der Waals surface area contributed by atoms with Crippen molar-refractivity contribution in [1.29, 1.82) is 0 Å². The molecule has 6 heteroatoms. The van der Waals surface area contributed by atoms with Crippen molar-refractivity contribution >= 4 is 33.1 Å². The van der Waals surface area contributed by atoms with Crippen molar-refractivity contribution in [2.75, 3.05) is 25.0 Å². The van der Waals surface area contributed by atoms with Crippen LogP contribution < -0.4 is 4.90 Å². The second kappa shape index (κ2) is 7.89. The van der Waals surface area contributed by atoms with E-state index in [1.54, 1.807) is 22.4 Å². The minimum absolute atomic E-state index is 0.0157. The highest BCUT2D eigenvalue weighted by atomic mass is 32.1. The number of pyridine rings is 1. The average Bonchev–Trinajstić information content (AvgIpc) is 3.10. The maximum atomic E-state index is 12.9. The fraction of sp³-hybridized carbons (Fsp3) is 0.364. The first-order valence-electron chi connectivity index (χ1n) is 9.58. The van der Waals surface area contributed by atoms with E-state index in [4.69, 9.17) is 4.74 Å². The molecule has 0 spiro atoms. The van der Waals surface area contributed by atoms with Gasteiger partial charge in [0, 0.05) is 37.6 Å². The van der Waals surface area contributed by atoms with Crippen LogP contribution in [0.4, 0.5) is 5.82 Å². The van der Waals surface area contributed by atoms with Gasteiger partial charge >= 0.3 is 0 Å². The number of morpholine rings is 1. The fourth-order valence-electron chi connectivity index (χ4n) is 3.77. The molecule has 2 atom stereocenters. The van der Waals surface area contributed by atoms with Gasteiger partial charge in [0.15, 0.2) is 0 Å². The van der Waals surface area contributed by atoms with Gasteiger partial charge in [-0.25, -0.2) is 4.98 Å². The van der Waals surface area contributed by atoms with Gasteiger partial charge in [-0.05, 0) is 48.4 Å². The maximum absolute atomic E-state index is 12.9. The lowest BCUT2D eigenvalue weighted by Gasteiger charge is -2.36. The van der Waals surface area contributed by atoms with Crippen LogP contribution in [0.5, 0.6) is 0 Å². The molecule has 1 aromatic carbocycles. The third kappa shape index (κ3) is 3.88. The number of ether oxygens (including phenoxy) is 1. The van der Waals surface area contributed by atoms with Crippen LogP contribution >= 0.6 is 11.3 Å². The molecule has 0 unspecified atom stereocenters.